The fourth-order valence-electron chi connectivity index (χ4n) is 2.91. The molecule has 0 radical (unpaired) electrons. The standard InChI is InChI=1S/C21H16BrIN2/c1-14-10-17(11-18(13-24)16-4-3-5-19(22)12-16)15(2)25(14)21-8-6-20(23)7-9-21/h3-12H,1-2H3/b18-11-. The van der Waals surface area contributed by atoms with Crippen molar-refractivity contribution in [3.63, 3.8) is 0 Å². The van der Waals surface area contributed by atoms with Crippen LogP contribution >= 0.6 is 38.5 Å². The zero-order chi connectivity index (χ0) is 18.0. The van der Waals surface area contributed by atoms with E-state index in [-0.39, 0.29) is 0 Å². The number of allylic oxidation sites excluding steroid dienone is 1. The van der Waals surface area contributed by atoms with Crippen molar-refractivity contribution in [3.05, 3.63) is 85.2 Å². The van der Waals surface area contributed by atoms with E-state index < -0.39 is 0 Å². The molecule has 0 N–H and O–H groups in total. The van der Waals surface area contributed by atoms with Crippen LogP contribution in [0.4, 0.5) is 0 Å². The summed E-state index contributed by atoms with van der Waals surface area (Å²) >= 11 is 5.78. The van der Waals surface area contributed by atoms with E-state index >= 15 is 0 Å². The smallest absolute Gasteiger partial charge is 0.0998 e. The zero-order valence-corrected chi connectivity index (χ0v) is 17.7. The molecule has 0 aliphatic rings. The van der Waals surface area contributed by atoms with Crippen molar-refractivity contribution >= 4 is 50.2 Å². The van der Waals surface area contributed by atoms with Crippen LogP contribution in [0.15, 0.2) is 59.1 Å². The molecule has 124 valence electrons. The molecule has 2 nitrogen and oxygen atoms in total. The molecule has 0 bridgehead atoms. The van der Waals surface area contributed by atoms with Crippen molar-refractivity contribution in [2.75, 3.05) is 0 Å². The lowest BCUT2D eigenvalue weighted by atomic mass is 10.0. The second-order valence-corrected chi connectivity index (χ2v) is 7.98. The van der Waals surface area contributed by atoms with Crippen LogP contribution in [0.25, 0.3) is 17.3 Å². The molecule has 0 aliphatic carbocycles. The first-order chi connectivity index (χ1) is 12.0. The number of aromatic nitrogens is 1. The van der Waals surface area contributed by atoms with Gasteiger partial charge in [-0.15, -0.1) is 0 Å². The Morgan fingerprint density at radius 2 is 1.84 bits per heavy atom. The molecule has 1 aromatic heterocycles. The molecular formula is C21H16BrIN2. The second kappa shape index (κ2) is 7.59. The van der Waals surface area contributed by atoms with Gasteiger partial charge >= 0.3 is 0 Å². The summed E-state index contributed by atoms with van der Waals surface area (Å²) < 4.78 is 4.40. The van der Waals surface area contributed by atoms with Crippen LogP contribution < -0.4 is 0 Å². The first kappa shape index (κ1) is 18.0. The Morgan fingerprint density at radius 1 is 1.12 bits per heavy atom. The van der Waals surface area contributed by atoms with Crippen LogP contribution in [0.1, 0.15) is 22.5 Å². The van der Waals surface area contributed by atoms with Crippen molar-refractivity contribution in [2.45, 2.75) is 13.8 Å². The van der Waals surface area contributed by atoms with Gasteiger partial charge in [0, 0.05) is 25.1 Å². The molecule has 0 saturated carbocycles. The van der Waals surface area contributed by atoms with Gasteiger partial charge in [0.1, 0.15) is 0 Å². The normalized spacial score (nSPS) is 11.4. The number of nitriles is 1. The van der Waals surface area contributed by atoms with Crippen molar-refractivity contribution in [1.82, 2.24) is 4.57 Å². The van der Waals surface area contributed by atoms with E-state index in [1.54, 1.807) is 0 Å². The maximum Gasteiger partial charge on any atom is 0.0998 e. The van der Waals surface area contributed by atoms with Crippen LogP contribution in [0.3, 0.4) is 0 Å². The third-order valence-electron chi connectivity index (χ3n) is 4.11. The van der Waals surface area contributed by atoms with Crippen molar-refractivity contribution in [1.29, 1.82) is 5.26 Å². The molecule has 3 rings (SSSR count). The van der Waals surface area contributed by atoms with Crippen LogP contribution in [0, 0.1) is 28.7 Å². The molecule has 0 saturated heterocycles. The number of rotatable bonds is 3. The fourth-order valence-corrected chi connectivity index (χ4v) is 3.67. The molecule has 0 aliphatic heterocycles. The number of hydrogen-bond acceptors (Lipinski definition) is 1. The molecule has 0 unspecified atom stereocenters. The van der Waals surface area contributed by atoms with Gasteiger partial charge in [-0.25, -0.2) is 0 Å². The number of aryl methyl sites for hydroxylation is 1. The van der Waals surface area contributed by atoms with Gasteiger partial charge in [-0.1, -0.05) is 28.1 Å². The molecule has 3 aromatic rings. The Balaban J connectivity index is 2.08. The number of halogens is 2. The van der Waals surface area contributed by atoms with Crippen LogP contribution in [0.2, 0.25) is 0 Å². The lowest BCUT2D eigenvalue weighted by Gasteiger charge is -2.09. The maximum atomic E-state index is 9.61. The van der Waals surface area contributed by atoms with E-state index in [2.05, 4.69) is 93.3 Å². The van der Waals surface area contributed by atoms with Gasteiger partial charge in [0.15, 0.2) is 0 Å². The molecule has 4 heteroatoms. The van der Waals surface area contributed by atoms with E-state index in [0.717, 1.165) is 32.7 Å². The van der Waals surface area contributed by atoms with Gasteiger partial charge < -0.3 is 4.57 Å². The highest BCUT2D eigenvalue weighted by molar-refractivity contribution is 14.1. The van der Waals surface area contributed by atoms with Crippen molar-refractivity contribution in [2.24, 2.45) is 0 Å². The highest BCUT2D eigenvalue weighted by Crippen LogP contribution is 2.26. The van der Waals surface area contributed by atoms with Crippen LogP contribution in [-0.4, -0.2) is 4.57 Å². The van der Waals surface area contributed by atoms with Gasteiger partial charge in [0.05, 0.1) is 11.6 Å². The molecule has 2 aromatic carbocycles. The third-order valence-corrected chi connectivity index (χ3v) is 5.32. The second-order valence-electron chi connectivity index (χ2n) is 5.82. The topological polar surface area (TPSA) is 28.7 Å². The summed E-state index contributed by atoms with van der Waals surface area (Å²) in [4.78, 5) is 0. The van der Waals surface area contributed by atoms with Crippen LogP contribution in [0.5, 0.6) is 0 Å². The predicted molar refractivity (Wildman–Crippen MR) is 116 cm³/mol. The Labute approximate surface area is 170 Å². The van der Waals surface area contributed by atoms with E-state index in [0.29, 0.717) is 5.57 Å². The molecular weight excluding hydrogens is 487 g/mol. The minimum atomic E-state index is 0.657. The molecule has 0 fully saturated rings. The Morgan fingerprint density at radius 3 is 2.48 bits per heavy atom. The average Bonchev–Trinajstić information content (AvgIpc) is 2.87. The van der Waals surface area contributed by atoms with E-state index in [9.17, 15) is 5.26 Å². The lowest BCUT2D eigenvalue weighted by Crippen LogP contribution is -1.98. The first-order valence-electron chi connectivity index (χ1n) is 7.82. The molecule has 1 heterocycles. The minimum Gasteiger partial charge on any atom is -0.318 e. The first-order valence-corrected chi connectivity index (χ1v) is 9.69. The summed E-state index contributed by atoms with van der Waals surface area (Å²) in [5.41, 5.74) is 6.04. The summed E-state index contributed by atoms with van der Waals surface area (Å²) in [6.07, 6.45) is 1.97. The Kier molecular flexibility index (Phi) is 5.45. The van der Waals surface area contributed by atoms with E-state index in [1.165, 1.54) is 3.57 Å². The molecule has 0 amide bonds. The number of benzene rings is 2. The summed E-state index contributed by atoms with van der Waals surface area (Å²) in [6, 6.07) is 20.7. The predicted octanol–water partition coefficient (Wildman–Crippen LogP) is 6.53. The minimum absolute atomic E-state index is 0.657. The highest BCUT2D eigenvalue weighted by atomic mass is 127. The van der Waals surface area contributed by atoms with E-state index in [1.807, 2.05) is 30.3 Å². The molecule has 0 spiro atoms. The zero-order valence-electron chi connectivity index (χ0n) is 13.9. The van der Waals surface area contributed by atoms with E-state index in [4.69, 9.17) is 0 Å². The Hall–Kier alpha value is -1.84. The molecule has 25 heavy (non-hydrogen) atoms. The fraction of sp³-hybridized carbons (Fsp3) is 0.0952. The summed E-state index contributed by atoms with van der Waals surface area (Å²) in [5, 5.41) is 9.61. The quantitative estimate of drug-likeness (QED) is 0.296. The summed E-state index contributed by atoms with van der Waals surface area (Å²) in [7, 11) is 0. The van der Waals surface area contributed by atoms with Gasteiger partial charge in [-0.05, 0) is 96.1 Å². The summed E-state index contributed by atoms with van der Waals surface area (Å²) in [6.45, 7) is 4.18. The largest absolute Gasteiger partial charge is 0.318 e. The van der Waals surface area contributed by atoms with Gasteiger partial charge in [-0.3, -0.25) is 0 Å². The lowest BCUT2D eigenvalue weighted by molar-refractivity contribution is 0.964. The van der Waals surface area contributed by atoms with Crippen molar-refractivity contribution < 1.29 is 0 Å². The maximum absolute atomic E-state index is 9.61. The van der Waals surface area contributed by atoms with Gasteiger partial charge in [-0.2, -0.15) is 5.26 Å². The Bertz CT molecular complexity index is 992. The highest BCUT2D eigenvalue weighted by Gasteiger charge is 2.11. The number of hydrogen-bond donors (Lipinski definition) is 0. The van der Waals surface area contributed by atoms with Gasteiger partial charge in [0.25, 0.3) is 0 Å². The average molecular weight is 503 g/mol. The van der Waals surface area contributed by atoms with Gasteiger partial charge in [0.2, 0.25) is 0 Å². The number of nitrogens with zero attached hydrogens (tertiary/aromatic N) is 2. The SMILES string of the molecule is Cc1cc(/C=C(/C#N)c2cccc(Br)c2)c(C)n1-c1ccc(I)cc1. The summed E-state index contributed by atoms with van der Waals surface area (Å²) in [5.74, 6) is 0. The van der Waals surface area contributed by atoms with Crippen molar-refractivity contribution in [3.8, 4) is 11.8 Å². The van der Waals surface area contributed by atoms with Crippen LogP contribution in [-0.2, 0) is 0 Å². The molecule has 0 atom stereocenters. The monoisotopic (exact) mass is 502 g/mol. The third kappa shape index (κ3) is 3.88.